The summed E-state index contributed by atoms with van der Waals surface area (Å²) in [6, 6.07) is 13.6. The number of aryl methyl sites for hydroxylation is 1. The number of amides is 1. The smallest absolute Gasteiger partial charge is 0.418 e. The first-order chi connectivity index (χ1) is 16.2. The second-order valence-electron chi connectivity index (χ2n) is 7.90. The molecule has 10 heteroatoms. The topological polar surface area (TPSA) is 67.7 Å². The van der Waals surface area contributed by atoms with Crippen molar-refractivity contribution in [2.75, 3.05) is 38.2 Å². The van der Waals surface area contributed by atoms with E-state index in [0.717, 1.165) is 28.3 Å². The van der Waals surface area contributed by atoms with Crippen LogP contribution in [0.1, 0.15) is 21.7 Å². The third kappa shape index (κ3) is 4.61. The third-order valence-corrected chi connectivity index (χ3v) is 5.75. The number of hydrogen-bond donors (Lipinski definition) is 0. The molecular formula is C24H23F3N4O3. The van der Waals surface area contributed by atoms with Crippen LogP contribution in [-0.4, -0.2) is 53.9 Å². The zero-order valence-electron chi connectivity index (χ0n) is 18.7. The molecule has 1 amide bonds. The predicted molar refractivity (Wildman–Crippen MR) is 121 cm³/mol. The summed E-state index contributed by atoms with van der Waals surface area (Å²) in [7, 11) is 1.59. The standard InChI is InChI=1S/C24H23F3N4O3/c1-16-15-21(32)22(28-31(16)20-6-4-3-5-19(20)24(25,26)27)23(33)30-13-11-29(12-14-30)17-7-9-18(34-2)10-8-17/h3-10,15H,11-14H2,1-2H3. The van der Waals surface area contributed by atoms with Crippen LogP contribution in [0.4, 0.5) is 18.9 Å². The van der Waals surface area contributed by atoms with Crippen molar-refractivity contribution in [3.63, 3.8) is 0 Å². The Labute approximate surface area is 194 Å². The molecule has 1 saturated heterocycles. The summed E-state index contributed by atoms with van der Waals surface area (Å²) in [4.78, 5) is 29.3. The number of aromatic nitrogens is 2. The molecular weight excluding hydrogens is 449 g/mol. The van der Waals surface area contributed by atoms with E-state index in [1.807, 2.05) is 24.3 Å². The number of benzene rings is 2. The SMILES string of the molecule is COc1ccc(N2CCN(C(=O)c3nn(-c4ccccc4C(F)(F)F)c(C)cc3=O)CC2)cc1. The summed E-state index contributed by atoms with van der Waals surface area (Å²) < 4.78 is 46.7. The minimum Gasteiger partial charge on any atom is -0.497 e. The van der Waals surface area contributed by atoms with Crippen LogP contribution in [0.3, 0.4) is 0 Å². The third-order valence-electron chi connectivity index (χ3n) is 5.75. The van der Waals surface area contributed by atoms with Crippen LogP contribution in [0, 0.1) is 6.92 Å². The molecule has 1 aliphatic rings. The summed E-state index contributed by atoms with van der Waals surface area (Å²) >= 11 is 0. The van der Waals surface area contributed by atoms with Gasteiger partial charge >= 0.3 is 6.18 Å². The molecule has 3 aromatic rings. The van der Waals surface area contributed by atoms with Gasteiger partial charge in [0.25, 0.3) is 5.91 Å². The van der Waals surface area contributed by atoms with Gasteiger partial charge in [-0.05, 0) is 43.3 Å². The first-order valence-electron chi connectivity index (χ1n) is 10.6. The first kappa shape index (κ1) is 23.3. The average Bonchev–Trinajstić information content (AvgIpc) is 2.83. The van der Waals surface area contributed by atoms with Gasteiger partial charge in [0, 0.05) is 43.6 Å². The Balaban J connectivity index is 1.57. The van der Waals surface area contributed by atoms with Crippen molar-refractivity contribution < 1.29 is 22.7 Å². The van der Waals surface area contributed by atoms with Crippen LogP contribution in [-0.2, 0) is 6.18 Å². The monoisotopic (exact) mass is 472 g/mol. The van der Waals surface area contributed by atoms with Gasteiger partial charge in [0.1, 0.15) is 5.75 Å². The Morgan fingerprint density at radius 3 is 2.26 bits per heavy atom. The number of carbonyl (C=O) groups is 1. The summed E-state index contributed by atoms with van der Waals surface area (Å²) in [5.74, 6) is 0.143. The highest BCUT2D eigenvalue weighted by atomic mass is 19.4. The maximum atomic E-state index is 13.5. The first-order valence-corrected chi connectivity index (χ1v) is 10.6. The quantitative estimate of drug-likeness (QED) is 0.581. The van der Waals surface area contributed by atoms with E-state index in [1.54, 1.807) is 7.11 Å². The van der Waals surface area contributed by atoms with Crippen LogP contribution in [0.15, 0.2) is 59.4 Å². The Kier molecular flexibility index (Phi) is 6.32. The molecule has 0 spiro atoms. The van der Waals surface area contributed by atoms with Gasteiger partial charge in [-0.2, -0.15) is 18.3 Å². The number of methoxy groups -OCH3 is 1. The highest BCUT2D eigenvalue weighted by Crippen LogP contribution is 2.33. The van der Waals surface area contributed by atoms with Crippen molar-refractivity contribution in [1.29, 1.82) is 0 Å². The lowest BCUT2D eigenvalue weighted by Gasteiger charge is -2.36. The Morgan fingerprint density at radius 2 is 1.65 bits per heavy atom. The lowest BCUT2D eigenvalue weighted by atomic mass is 10.1. The fraction of sp³-hybridized carbons (Fsp3) is 0.292. The summed E-state index contributed by atoms with van der Waals surface area (Å²) in [5, 5.41) is 4.07. The number of hydrogen-bond acceptors (Lipinski definition) is 5. The molecule has 4 rings (SSSR count). The number of para-hydroxylation sites is 1. The molecule has 1 fully saturated rings. The lowest BCUT2D eigenvalue weighted by molar-refractivity contribution is -0.137. The number of rotatable bonds is 4. The number of halogens is 3. The van der Waals surface area contributed by atoms with Gasteiger partial charge in [-0.15, -0.1) is 0 Å². The normalized spacial score (nSPS) is 14.3. The molecule has 0 unspecified atom stereocenters. The Hall–Kier alpha value is -3.82. The summed E-state index contributed by atoms with van der Waals surface area (Å²) in [5.41, 5.74) is -0.997. The number of carbonyl (C=O) groups excluding carboxylic acids is 1. The van der Waals surface area contributed by atoms with E-state index in [0.29, 0.717) is 26.2 Å². The fourth-order valence-electron chi connectivity index (χ4n) is 3.95. The van der Waals surface area contributed by atoms with Gasteiger partial charge in [-0.3, -0.25) is 9.59 Å². The highest BCUT2D eigenvalue weighted by Gasteiger charge is 2.34. The molecule has 0 radical (unpaired) electrons. The van der Waals surface area contributed by atoms with Gasteiger partial charge in [0.2, 0.25) is 5.43 Å². The van der Waals surface area contributed by atoms with Crippen molar-refractivity contribution in [2.45, 2.75) is 13.1 Å². The van der Waals surface area contributed by atoms with Crippen molar-refractivity contribution in [1.82, 2.24) is 14.7 Å². The molecule has 7 nitrogen and oxygen atoms in total. The molecule has 1 aliphatic heterocycles. The van der Waals surface area contributed by atoms with Crippen LogP contribution in [0.2, 0.25) is 0 Å². The van der Waals surface area contributed by atoms with E-state index in [-0.39, 0.29) is 11.4 Å². The van der Waals surface area contributed by atoms with Crippen LogP contribution in [0.25, 0.3) is 5.69 Å². The molecule has 2 heterocycles. The Morgan fingerprint density at radius 1 is 1.00 bits per heavy atom. The molecule has 0 N–H and O–H groups in total. The van der Waals surface area contributed by atoms with E-state index in [4.69, 9.17) is 4.74 Å². The van der Waals surface area contributed by atoms with Crippen molar-refractivity contribution in [3.05, 3.63) is 81.8 Å². The summed E-state index contributed by atoms with van der Waals surface area (Å²) in [6.07, 6.45) is -4.62. The van der Waals surface area contributed by atoms with Crippen LogP contribution in [0.5, 0.6) is 5.75 Å². The van der Waals surface area contributed by atoms with E-state index in [2.05, 4.69) is 10.00 Å². The molecule has 34 heavy (non-hydrogen) atoms. The molecule has 0 atom stereocenters. The van der Waals surface area contributed by atoms with Gasteiger partial charge in [-0.1, -0.05) is 12.1 Å². The van der Waals surface area contributed by atoms with Gasteiger partial charge in [0.05, 0.1) is 18.4 Å². The number of alkyl halides is 3. The zero-order chi connectivity index (χ0) is 24.5. The van der Waals surface area contributed by atoms with Crippen LogP contribution < -0.4 is 15.1 Å². The molecule has 0 saturated carbocycles. The van der Waals surface area contributed by atoms with Crippen molar-refractivity contribution >= 4 is 11.6 Å². The predicted octanol–water partition coefficient (Wildman–Crippen LogP) is 3.53. The molecule has 0 bridgehead atoms. The maximum Gasteiger partial charge on any atom is 0.418 e. The second kappa shape index (κ2) is 9.20. The maximum absolute atomic E-state index is 13.5. The number of nitrogens with zero attached hydrogens (tertiary/aromatic N) is 4. The van der Waals surface area contributed by atoms with E-state index in [1.165, 1.54) is 30.0 Å². The van der Waals surface area contributed by atoms with E-state index in [9.17, 15) is 22.8 Å². The minimum absolute atomic E-state index is 0.197. The molecule has 178 valence electrons. The van der Waals surface area contributed by atoms with Crippen molar-refractivity contribution in [3.8, 4) is 11.4 Å². The molecule has 2 aromatic carbocycles. The van der Waals surface area contributed by atoms with Gasteiger partial charge in [0.15, 0.2) is 5.69 Å². The van der Waals surface area contributed by atoms with Gasteiger partial charge < -0.3 is 14.5 Å². The zero-order valence-corrected chi connectivity index (χ0v) is 18.7. The summed E-state index contributed by atoms with van der Waals surface area (Å²) in [6.45, 7) is 3.24. The number of ether oxygens (including phenoxy) is 1. The largest absolute Gasteiger partial charge is 0.497 e. The number of anilines is 1. The minimum atomic E-state index is -4.62. The van der Waals surface area contributed by atoms with Gasteiger partial charge in [-0.25, -0.2) is 4.68 Å². The highest BCUT2D eigenvalue weighted by molar-refractivity contribution is 5.92. The second-order valence-corrected chi connectivity index (χ2v) is 7.90. The van der Waals surface area contributed by atoms with E-state index < -0.39 is 28.8 Å². The fourth-order valence-corrected chi connectivity index (χ4v) is 3.95. The molecule has 0 aliphatic carbocycles. The lowest BCUT2D eigenvalue weighted by Crippen LogP contribution is -2.50. The van der Waals surface area contributed by atoms with E-state index >= 15 is 0 Å². The average molecular weight is 472 g/mol. The van der Waals surface area contributed by atoms with Crippen molar-refractivity contribution in [2.24, 2.45) is 0 Å². The Bertz CT molecular complexity index is 1250. The molecule has 1 aromatic heterocycles. The van der Waals surface area contributed by atoms with Crippen LogP contribution >= 0.6 is 0 Å². The number of piperazine rings is 1.